The molecule has 0 aromatic rings. The van der Waals surface area contributed by atoms with Crippen LogP contribution in [0.1, 0.15) is 38.5 Å². The Balaban J connectivity index is 2.07. The van der Waals surface area contributed by atoms with E-state index in [1.165, 1.54) is 38.5 Å². The molecule has 0 saturated carbocycles. The Morgan fingerprint density at radius 1 is 1.11 bits per heavy atom. The Kier molecular flexibility index (Phi) is 4.87. The van der Waals surface area contributed by atoms with E-state index in [1.54, 1.807) is 4.90 Å². The number of nitrogens with zero attached hydrogens (tertiary/aromatic N) is 2. The average molecular weight is 253 g/mol. The lowest BCUT2D eigenvalue weighted by Crippen LogP contribution is -2.50. The van der Waals surface area contributed by atoms with E-state index in [0.29, 0.717) is 12.0 Å². The molecule has 2 aliphatic heterocycles. The largest absolute Gasteiger partial charge is 0.331 e. The smallest absolute Gasteiger partial charge is 0.319 e. The lowest BCUT2D eigenvalue weighted by molar-refractivity contribution is 0.115. The number of piperidine rings is 1. The molecule has 0 spiro atoms. The van der Waals surface area contributed by atoms with Crippen molar-refractivity contribution in [3.63, 3.8) is 0 Å². The number of amides is 2. The normalized spacial score (nSPS) is 26.8. The molecular formula is C14H27N3O. The molecule has 2 heterocycles. The molecular weight excluding hydrogens is 226 g/mol. The molecule has 4 heteroatoms. The molecule has 4 nitrogen and oxygen atoms in total. The molecule has 0 bridgehead atoms. The number of urea groups is 1. The first-order valence-electron chi connectivity index (χ1n) is 7.39. The Morgan fingerprint density at radius 2 is 1.83 bits per heavy atom. The number of hydrogen-bond donors (Lipinski definition) is 1. The van der Waals surface area contributed by atoms with E-state index in [4.69, 9.17) is 0 Å². The van der Waals surface area contributed by atoms with Crippen LogP contribution in [-0.2, 0) is 0 Å². The standard InChI is InChI=1S/C14H27N3O/c1-16(2)14(18)17-11-5-3-4-6-13(17)12-7-9-15-10-8-12/h12-13,15H,3-11H2,1-2H3. The molecule has 104 valence electrons. The number of carbonyl (C=O) groups excluding carboxylic acids is 1. The van der Waals surface area contributed by atoms with Gasteiger partial charge in [0.15, 0.2) is 0 Å². The van der Waals surface area contributed by atoms with Crippen molar-refractivity contribution in [2.24, 2.45) is 5.92 Å². The minimum atomic E-state index is 0.209. The van der Waals surface area contributed by atoms with Crippen molar-refractivity contribution in [3.05, 3.63) is 0 Å². The molecule has 0 aliphatic carbocycles. The third-order valence-corrected chi connectivity index (χ3v) is 4.36. The number of carbonyl (C=O) groups is 1. The zero-order valence-electron chi connectivity index (χ0n) is 11.8. The van der Waals surface area contributed by atoms with E-state index in [0.717, 1.165) is 19.6 Å². The number of likely N-dealkylation sites (tertiary alicyclic amines) is 1. The van der Waals surface area contributed by atoms with Crippen molar-refractivity contribution in [1.82, 2.24) is 15.1 Å². The monoisotopic (exact) mass is 253 g/mol. The summed E-state index contributed by atoms with van der Waals surface area (Å²) < 4.78 is 0. The molecule has 0 radical (unpaired) electrons. The number of hydrogen-bond acceptors (Lipinski definition) is 2. The van der Waals surface area contributed by atoms with E-state index in [9.17, 15) is 4.79 Å². The molecule has 2 fully saturated rings. The second kappa shape index (κ2) is 6.41. The molecule has 1 N–H and O–H groups in total. The predicted octanol–water partition coefficient (Wildman–Crippen LogP) is 1.91. The van der Waals surface area contributed by atoms with Gasteiger partial charge in [0.1, 0.15) is 0 Å². The van der Waals surface area contributed by atoms with Gasteiger partial charge in [0, 0.05) is 26.7 Å². The van der Waals surface area contributed by atoms with E-state index in [-0.39, 0.29) is 6.03 Å². The molecule has 2 amide bonds. The fraction of sp³-hybridized carbons (Fsp3) is 0.929. The summed E-state index contributed by atoms with van der Waals surface area (Å²) in [5.41, 5.74) is 0. The molecule has 2 aliphatic rings. The van der Waals surface area contributed by atoms with Gasteiger partial charge in [-0.05, 0) is 44.7 Å². The second-order valence-corrected chi connectivity index (χ2v) is 5.87. The van der Waals surface area contributed by atoms with Crippen LogP contribution < -0.4 is 5.32 Å². The van der Waals surface area contributed by atoms with Gasteiger partial charge in [-0.2, -0.15) is 0 Å². The highest BCUT2D eigenvalue weighted by Crippen LogP contribution is 2.28. The van der Waals surface area contributed by atoms with Crippen LogP contribution in [0, 0.1) is 5.92 Å². The van der Waals surface area contributed by atoms with Crippen molar-refractivity contribution in [2.45, 2.75) is 44.6 Å². The highest BCUT2D eigenvalue weighted by molar-refractivity contribution is 5.74. The molecule has 2 rings (SSSR count). The molecule has 0 aromatic heterocycles. The topological polar surface area (TPSA) is 35.6 Å². The third kappa shape index (κ3) is 3.16. The summed E-state index contributed by atoms with van der Waals surface area (Å²) in [6.07, 6.45) is 7.37. The van der Waals surface area contributed by atoms with Crippen molar-refractivity contribution < 1.29 is 4.79 Å². The highest BCUT2D eigenvalue weighted by Gasteiger charge is 2.32. The fourth-order valence-corrected chi connectivity index (χ4v) is 3.35. The average Bonchev–Trinajstić information content (AvgIpc) is 2.64. The maximum Gasteiger partial charge on any atom is 0.319 e. The van der Waals surface area contributed by atoms with Crippen LogP contribution in [0.5, 0.6) is 0 Å². The van der Waals surface area contributed by atoms with Gasteiger partial charge in [-0.3, -0.25) is 0 Å². The van der Waals surface area contributed by atoms with Gasteiger partial charge < -0.3 is 15.1 Å². The van der Waals surface area contributed by atoms with Gasteiger partial charge in [-0.25, -0.2) is 4.79 Å². The SMILES string of the molecule is CN(C)C(=O)N1CCCCCC1C1CCNCC1. The van der Waals surface area contributed by atoms with E-state index in [1.807, 2.05) is 14.1 Å². The predicted molar refractivity (Wildman–Crippen MR) is 73.6 cm³/mol. The first-order chi connectivity index (χ1) is 8.70. The Labute approximate surface area is 111 Å². The van der Waals surface area contributed by atoms with E-state index in [2.05, 4.69) is 10.2 Å². The van der Waals surface area contributed by atoms with Crippen molar-refractivity contribution >= 4 is 6.03 Å². The summed E-state index contributed by atoms with van der Waals surface area (Å²) in [7, 11) is 3.74. The van der Waals surface area contributed by atoms with Crippen LogP contribution in [0.4, 0.5) is 4.79 Å². The minimum Gasteiger partial charge on any atom is -0.331 e. The van der Waals surface area contributed by atoms with Crippen LogP contribution in [0.25, 0.3) is 0 Å². The van der Waals surface area contributed by atoms with Crippen LogP contribution >= 0.6 is 0 Å². The van der Waals surface area contributed by atoms with Gasteiger partial charge in [0.25, 0.3) is 0 Å². The molecule has 1 atom stereocenters. The summed E-state index contributed by atoms with van der Waals surface area (Å²) >= 11 is 0. The summed E-state index contributed by atoms with van der Waals surface area (Å²) in [5, 5.41) is 3.42. The van der Waals surface area contributed by atoms with Crippen molar-refractivity contribution in [3.8, 4) is 0 Å². The van der Waals surface area contributed by atoms with Gasteiger partial charge >= 0.3 is 6.03 Å². The van der Waals surface area contributed by atoms with Crippen molar-refractivity contribution in [2.75, 3.05) is 33.7 Å². The Bertz CT molecular complexity index is 274. The summed E-state index contributed by atoms with van der Waals surface area (Å²) in [6, 6.07) is 0.685. The zero-order chi connectivity index (χ0) is 13.0. The minimum absolute atomic E-state index is 0.209. The maximum atomic E-state index is 12.3. The second-order valence-electron chi connectivity index (χ2n) is 5.87. The summed E-state index contributed by atoms with van der Waals surface area (Å²) in [5.74, 6) is 0.702. The number of nitrogens with one attached hydrogen (secondary N) is 1. The molecule has 18 heavy (non-hydrogen) atoms. The third-order valence-electron chi connectivity index (χ3n) is 4.36. The van der Waals surface area contributed by atoms with Crippen LogP contribution in [0.3, 0.4) is 0 Å². The molecule has 1 unspecified atom stereocenters. The van der Waals surface area contributed by atoms with Gasteiger partial charge in [-0.15, -0.1) is 0 Å². The quantitative estimate of drug-likeness (QED) is 0.775. The molecule has 2 saturated heterocycles. The van der Waals surface area contributed by atoms with E-state index < -0.39 is 0 Å². The zero-order valence-corrected chi connectivity index (χ0v) is 11.8. The van der Waals surface area contributed by atoms with Gasteiger partial charge in [0.05, 0.1) is 0 Å². The summed E-state index contributed by atoms with van der Waals surface area (Å²) in [6.45, 7) is 3.18. The first kappa shape index (κ1) is 13.7. The molecule has 0 aromatic carbocycles. The summed E-state index contributed by atoms with van der Waals surface area (Å²) in [4.78, 5) is 16.2. The highest BCUT2D eigenvalue weighted by atomic mass is 16.2. The lowest BCUT2D eigenvalue weighted by Gasteiger charge is -2.39. The van der Waals surface area contributed by atoms with E-state index >= 15 is 0 Å². The van der Waals surface area contributed by atoms with Gasteiger partial charge in [0.2, 0.25) is 0 Å². The Hall–Kier alpha value is -0.770. The maximum absolute atomic E-state index is 12.3. The fourth-order valence-electron chi connectivity index (χ4n) is 3.35. The Morgan fingerprint density at radius 3 is 2.50 bits per heavy atom. The lowest BCUT2D eigenvalue weighted by atomic mass is 9.87. The van der Waals surface area contributed by atoms with Crippen LogP contribution in [0.2, 0.25) is 0 Å². The van der Waals surface area contributed by atoms with Crippen molar-refractivity contribution in [1.29, 1.82) is 0 Å². The number of rotatable bonds is 1. The van der Waals surface area contributed by atoms with Gasteiger partial charge in [-0.1, -0.05) is 12.8 Å². The van der Waals surface area contributed by atoms with Crippen LogP contribution in [0.15, 0.2) is 0 Å². The first-order valence-corrected chi connectivity index (χ1v) is 7.39. The van der Waals surface area contributed by atoms with Crippen LogP contribution in [-0.4, -0.2) is 55.6 Å².